The number of hydrazine groups is 1. The molecule has 0 unspecified atom stereocenters. The summed E-state index contributed by atoms with van der Waals surface area (Å²) in [5.41, 5.74) is 5.32. The van der Waals surface area contributed by atoms with Crippen molar-refractivity contribution in [3.8, 4) is 5.69 Å². The summed E-state index contributed by atoms with van der Waals surface area (Å²) in [6.45, 7) is 0. The molecule has 0 bridgehead atoms. The number of carbonyl (C=O) groups is 2. The molecule has 1 aromatic heterocycles. The number of hydrogen-bond acceptors (Lipinski definition) is 4. The molecule has 1 heterocycles. The summed E-state index contributed by atoms with van der Waals surface area (Å²) in [5.74, 6) is -1.87. The number of amides is 2. The van der Waals surface area contributed by atoms with Crippen LogP contribution in [0.15, 0.2) is 66.1 Å². The molecule has 3 rings (SSSR count). The van der Waals surface area contributed by atoms with Gasteiger partial charge in [0.25, 0.3) is 5.91 Å². The van der Waals surface area contributed by atoms with Gasteiger partial charge in [0, 0.05) is 18.0 Å². The maximum Gasteiger partial charge on any atom is 0.269 e. The molecule has 0 aliphatic heterocycles. The van der Waals surface area contributed by atoms with Gasteiger partial charge < -0.3 is 0 Å². The van der Waals surface area contributed by atoms with Crippen LogP contribution in [-0.2, 0) is 4.79 Å². The first-order chi connectivity index (χ1) is 13.0. The zero-order chi connectivity index (χ0) is 19.2. The first-order valence-corrected chi connectivity index (χ1v) is 8.78. The van der Waals surface area contributed by atoms with Gasteiger partial charge in [-0.05, 0) is 42.5 Å². The predicted molar refractivity (Wildman–Crippen MR) is 96.3 cm³/mol. The lowest BCUT2D eigenvalue weighted by atomic mass is 10.2. The van der Waals surface area contributed by atoms with Crippen molar-refractivity contribution in [1.82, 2.24) is 20.4 Å². The number of hydrogen-bond donors (Lipinski definition) is 2. The minimum atomic E-state index is -0.561. The van der Waals surface area contributed by atoms with Gasteiger partial charge in [-0.15, -0.1) is 0 Å². The van der Waals surface area contributed by atoms with Crippen LogP contribution >= 0.6 is 11.8 Å². The van der Waals surface area contributed by atoms with Crippen LogP contribution in [0.4, 0.5) is 8.78 Å². The number of benzene rings is 2. The van der Waals surface area contributed by atoms with Crippen molar-refractivity contribution in [3.63, 3.8) is 0 Å². The zero-order valence-corrected chi connectivity index (χ0v) is 14.7. The molecule has 2 amide bonds. The Morgan fingerprint density at radius 1 is 1.04 bits per heavy atom. The quantitative estimate of drug-likeness (QED) is 0.521. The number of carbonyl (C=O) groups excluding carboxylic acids is 2. The zero-order valence-electron chi connectivity index (χ0n) is 13.9. The molecule has 0 radical (unpaired) electrons. The Morgan fingerprint density at radius 3 is 2.56 bits per heavy atom. The number of rotatable bonds is 5. The van der Waals surface area contributed by atoms with Gasteiger partial charge in [-0.2, -0.15) is 0 Å². The Kier molecular flexibility index (Phi) is 5.82. The normalized spacial score (nSPS) is 10.4. The van der Waals surface area contributed by atoms with Gasteiger partial charge in [-0.1, -0.05) is 17.8 Å². The molecule has 6 nitrogen and oxygen atoms in total. The predicted octanol–water partition coefficient (Wildman–Crippen LogP) is 2.70. The summed E-state index contributed by atoms with van der Waals surface area (Å²) < 4.78 is 27.9. The van der Waals surface area contributed by atoms with Crippen molar-refractivity contribution in [1.29, 1.82) is 0 Å². The molecule has 0 aliphatic rings. The molecule has 0 aliphatic carbocycles. The van der Waals surface area contributed by atoms with Crippen LogP contribution < -0.4 is 10.9 Å². The fraction of sp³-hybridized carbons (Fsp3) is 0.0556. The second-order valence-electron chi connectivity index (χ2n) is 5.36. The average molecular weight is 388 g/mol. The van der Waals surface area contributed by atoms with Crippen LogP contribution in [0.25, 0.3) is 5.69 Å². The van der Waals surface area contributed by atoms with E-state index in [1.165, 1.54) is 24.3 Å². The van der Waals surface area contributed by atoms with Crippen molar-refractivity contribution < 1.29 is 18.4 Å². The highest BCUT2D eigenvalue weighted by molar-refractivity contribution is 7.99. The third-order valence-electron chi connectivity index (χ3n) is 3.45. The summed E-state index contributed by atoms with van der Waals surface area (Å²) in [6, 6.07) is 10.9. The Labute approximate surface area is 157 Å². The van der Waals surface area contributed by atoms with Crippen LogP contribution in [0.3, 0.4) is 0 Å². The van der Waals surface area contributed by atoms with E-state index in [0.29, 0.717) is 10.8 Å². The summed E-state index contributed by atoms with van der Waals surface area (Å²) in [4.78, 5) is 27.9. The molecule has 0 fully saturated rings. The number of aromatic nitrogens is 2. The van der Waals surface area contributed by atoms with Gasteiger partial charge in [-0.3, -0.25) is 25.0 Å². The summed E-state index contributed by atoms with van der Waals surface area (Å²) >= 11 is 1.13. The van der Waals surface area contributed by atoms with Gasteiger partial charge >= 0.3 is 0 Å². The highest BCUT2D eigenvalue weighted by atomic mass is 32.2. The number of halogens is 2. The maximum atomic E-state index is 13.4. The van der Waals surface area contributed by atoms with Crippen molar-refractivity contribution in [2.24, 2.45) is 0 Å². The van der Waals surface area contributed by atoms with Gasteiger partial charge in [0.15, 0.2) is 5.16 Å². The number of nitrogens with zero attached hydrogens (tertiary/aromatic N) is 2. The van der Waals surface area contributed by atoms with E-state index in [4.69, 9.17) is 0 Å². The van der Waals surface area contributed by atoms with Crippen LogP contribution in [-0.4, -0.2) is 27.1 Å². The van der Waals surface area contributed by atoms with E-state index < -0.39 is 17.6 Å². The minimum absolute atomic E-state index is 0.0178. The lowest BCUT2D eigenvalue weighted by Crippen LogP contribution is -2.42. The maximum absolute atomic E-state index is 13.4. The molecule has 9 heteroatoms. The Bertz CT molecular complexity index is 960. The molecule has 2 aromatic carbocycles. The number of nitrogens with one attached hydrogen (secondary N) is 2. The molecule has 0 saturated heterocycles. The van der Waals surface area contributed by atoms with E-state index in [1.807, 2.05) is 0 Å². The SMILES string of the molecule is O=C(CSc1nccn1-c1cccc(F)c1)NNC(=O)c1ccc(F)cc1. The highest BCUT2D eigenvalue weighted by Gasteiger charge is 2.11. The molecule has 0 saturated carbocycles. The monoisotopic (exact) mass is 388 g/mol. The van der Waals surface area contributed by atoms with Crippen LogP contribution in [0.2, 0.25) is 0 Å². The average Bonchev–Trinajstić information content (AvgIpc) is 3.13. The molecule has 0 atom stereocenters. The fourth-order valence-electron chi connectivity index (χ4n) is 2.19. The van der Waals surface area contributed by atoms with Crippen molar-refractivity contribution in [2.75, 3.05) is 5.75 Å². The lowest BCUT2D eigenvalue weighted by Gasteiger charge is -2.09. The molecule has 3 aromatic rings. The minimum Gasteiger partial charge on any atom is -0.295 e. The lowest BCUT2D eigenvalue weighted by molar-refractivity contribution is -0.119. The molecule has 2 N–H and O–H groups in total. The van der Waals surface area contributed by atoms with Crippen LogP contribution in [0, 0.1) is 11.6 Å². The van der Waals surface area contributed by atoms with Crippen molar-refractivity contribution in [3.05, 3.63) is 78.1 Å². The second-order valence-corrected chi connectivity index (χ2v) is 6.30. The van der Waals surface area contributed by atoms with Gasteiger partial charge in [0.2, 0.25) is 5.91 Å². The Hall–Kier alpha value is -3.20. The van der Waals surface area contributed by atoms with E-state index >= 15 is 0 Å². The first-order valence-electron chi connectivity index (χ1n) is 7.80. The first kappa shape index (κ1) is 18.6. The third kappa shape index (κ3) is 4.91. The standard InChI is InChI=1S/C18H14F2N4O2S/c19-13-6-4-12(5-7-13)17(26)23-22-16(25)11-27-18-21-8-9-24(18)15-3-1-2-14(20)10-15/h1-10H,11H2,(H,22,25)(H,23,26). The smallest absolute Gasteiger partial charge is 0.269 e. The van der Waals surface area contributed by atoms with Gasteiger partial charge in [-0.25, -0.2) is 13.8 Å². The van der Waals surface area contributed by atoms with E-state index in [-0.39, 0.29) is 17.1 Å². The number of imidazole rings is 1. The Balaban J connectivity index is 1.53. The van der Waals surface area contributed by atoms with E-state index in [9.17, 15) is 18.4 Å². The van der Waals surface area contributed by atoms with Crippen LogP contribution in [0.5, 0.6) is 0 Å². The molecular formula is C18H14F2N4O2S. The second kappa shape index (κ2) is 8.45. The largest absolute Gasteiger partial charge is 0.295 e. The molecular weight excluding hydrogens is 374 g/mol. The molecule has 138 valence electrons. The van der Waals surface area contributed by atoms with Gasteiger partial charge in [0.1, 0.15) is 11.6 Å². The molecule has 27 heavy (non-hydrogen) atoms. The molecule has 0 spiro atoms. The van der Waals surface area contributed by atoms with Crippen molar-refractivity contribution in [2.45, 2.75) is 5.16 Å². The van der Waals surface area contributed by atoms with Gasteiger partial charge in [0.05, 0.1) is 11.4 Å². The summed E-state index contributed by atoms with van der Waals surface area (Å²) in [6.07, 6.45) is 3.20. The topological polar surface area (TPSA) is 76.0 Å². The fourth-order valence-corrected chi connectivity index (χ4v) is 2.96. The third-order valence-corrected chi connectivity index (χ3v) is 4.41. The highest BCUT2D eigenvalue weighted by Crippen LogP contribution is 2.20. The summed E-state index contributed by atoms with van der Waals surface area (Å²) in [7, 11) is 0. The van der Waals surface area contributed by atoms with Crippen molar-refractivity contribution >= 4 is 23.6 Å². The number of thioether (sulfide) groups is 1. The Morgan fingerprint density at radius 2 is 1.81 bits per heavy atom. The summed E-state index contributed by atoms with van der Waals surface area (Å²) in [5, 5.41) is 0.501. The van der Waals surface area contributed by atoms with E-state index in [1.54, 1.807) is 29.1 Å². The van der Waals surface area contributed by atoms with E-state index in [0.717, 1.165) is 23.9 Å². The van der Waals surface area contributed by atoms with Crippen LogP contribution in [0.1, 0.15) is 10.4 Å². The van der Waals surface area contributed by atoms with E-state index in [2.05, 4.69) is 15.8 Å².